The van der Waals surface area contributed by atoms with Crippen LogP contribution in [0.25, 0.3) is 21.9 Å². The van der Waals surface area contributed by atoms with Gasteiger partial charge in [0, 0.05) is 0 Å². The summed E-state index contributed by atoms with van der Waals surface area (Å²) in [5.41, 5.74) is 3.11. The van der Waals surface area contributed by atoms with E-state index in [0.717, 1.165) is 27.5 Å². The topological polar surface area (TPSA) is 81.7 Å². The number of aryl methyl sites for hydroxylation is 1. The zero-order chi connectivity index (χ0) is 26.4. The van der Waals surface area contributed by atoms with E-state index in [1.54, 1.807) is 37.3 Å². The number of ether oxygens (including phenoxy) is 2. The predicted octanol–water partition coefficient (Wildman–Crippen LogP) is 6.15. The first-order valence-corrected chi connectivity index (χ1v) is 13.6. The normalized spacial score (nSPS) is 11.3. The molecule has 4 aromatic carbocycles. The van der Waals surface area contributed by atoms with Crippen molar-refractivity contribution < 1.29 is 22.7 Å². The Morgan fingerprint density at radius 3 is 2.38 bits per heavy atom. The van der Waals surface area contributed by atoms with E-state index in [0.29, 0.717) is 25.1 Å². The summed E-state index contributed by atoms with van der Waals surface area (Å²) in [6.07, 6.45) is 1.21. The molecule has 4 rings (SSSR count). The van der Waals surface area contributed by atoms with Crippen molar-refractivity contribution in [1.82, 2.24) is 0 Å². The Morgan fingerprint density at radius 2 is 1.68 bits per heavy atom. The Balaban J connectivity index is 1.73. The molecule has 0 saturated heterocycles. The van der Waals surface area contributed by atoms with E-state index in [4.69, 9.17) is 17.3 Å². The van der Waals surface area contributed by atoms with Gasteiger partial charge in [-0.15, -0.1) is 0 Å². The first kappa shape index (κ1) is 26.3. The third-order valence-corrected chi connectivity index (χ3v) is 7.34. The summed E-state index contributed by atoms with van der Waals surface area (Å²) in [5, 5.41) is 2.13. The molecule has 6 nitrogen and oxygen atoms in total. The molecule has 0 aromatic heterocycles. The van der Waals surface area contributed by atoms with Crippen LogP contribution in [0, 0.1) is 6.92 Å². The molecule has 0 spiro atoms. The minimum absolute atomic E-state index is 0.0414. The maximum absolute atomic E-state index is 13.3. The van der Waals surface area contributed by atoms with Crippen LogP contribution in [0.1, 0.15) is 29.3 Å². The second kappa shape index (κ2) is 11.5. The van der Waals surface area contributed by atoms with Crippen molar-refractivity contribution in [1.29, 1.82) is 0 Å². The third kappa shape index (κ3) is 5.97. The number of carbonyl (C=O) groups excluding carboxylic acids is 1. The van der Waals surface area contributed by atoms with Crippen LogP contribution in [-0.4, -0.2) is 35.4 Å². The molecular weight excluding hydrogens is 485 g/mol. The fourth-order valence-electron chi connectivity index (χ4n) is 4.08. The Kier molecular flexibility index (Phi) is 8.19. The maximum Gasteiger partial charge on any atom is 0.340 e. The predicted molar refractivity (Wildman–Crippen MR) is 148 cm³/mol. The van der Waals surface area contributed by atoms with Crippen LogP contribution in [0.5, 0.6) is 5.75 Å². The van der Waals surface area contributed by atoms with E-state index in [1.165, 1.54) is 12.1 Å². The lowest BCUT2D eigenvalue weighted by Gasteiger charge is -2.15. The van der Waals surface area contributed by atoms with E-state index >= 15 is 0 Å². The highest BCUT2D eigenvalue weighted by Gasteiger charge is 2.21. The fraction of sp³-hybridized carbons (Fsp3) is 0.207. The highest BCUT2D eigenvalue weighted by Crippen LogP contribution is 2.34. The van der Waals surface area contributed by atoms with Crippen molar-refractivity contribution in [3.63, 3.8) is 0 Å². The number of esters is 1. The number of hydrogen-bond donors (Lipinski definition) is 1. The van der Waals surface area contributed by atoms with Crippen LogP contribution in [-0.2, 0) is 14.8 Å². The number of rotatable bonds is 10. The number of carbonyl (C=O) groups is 1. The number of sulfonamides is 1. The highest BCUT2D eigenvalue weighted by molar-refractivity contribution is 7.92. The fourth-order valence-corrected chi connectivity index (χ4v) is 5.15. The van der Waals surface area contributed by atoms with Crippen LogP contribution >= 0.6 is 0 Å². The van der Waals surface area contributed by atoms with Crippen LogP contribution in [0.4, 0.5) is 5.69 Å². The second-order valence-electron chi connectivity index (χ2n) is 8.52. The van der Waals surface area contributed by atoms with Crippen molar-refractivity contribution in [2.75, 3.05) is 17.9 Å². The molecule has 0 atom stereocenters. The zero-order valence-corrected chi connectivity index (χ0v) is 21.7. The monoisotopic (exact) mass is 513 g/mol. The van der Waals surface area contributed by atoms with Gasteiger partial charge in [-0.3, -0.25) is 4.72 Å². The van der Waals surface area contributed by atoms with Crippen LogP contribution in [0.15, 0.2) is 83.8 Å². The Hall–Kier alpha value is -3.78. The molecule has 4 aromatic rings. The Morgan fingerprint density at radius 1 is 0.946 bits per heavy atom. The minimum atomic E-state index is -4.01. The molecule has 0 heterocycles. The Labute approximate surface area is 219 Å². The van der Waals surface area contributed by atoms with Gasteiger partial charge in [0.05, 0.1) is 37.2 Å². The zero-order valence-electron chi connectivity index (χ0n) is 20.9. The van der Waals surface area contributed by atoms with Crippen LogP contribution < -0.4 is 9.46 Å². The number of anilines is 1. The summed E-state index contributed by atoms with van der Waals surface area (Å²) < 4.78 is 39.9. The Bertz CT molecular complexity index is 1520. The molecule has 0 aliphatic carbocycles. The van der Waals surface area contributed by atoms with Gasteiger partial charge in [-0.2, -0.15) is 0 Å². The number of benzene rings is 4. The van der Waals surface area contributed by atoms with E-state index in [2.05, 4.69) is 4.72 Å². The molecule has 2 radical (unpaired) electrons. The molecule has 0 fully saturated rings. The van der Waals surface area contributed by atoms with Gasteiger partial charge in [0.2, 0.25) is 0 Å². The lowest BCUT2D eigenvalue weighted by atomic mass is 9.94. The molecule has 0 unspecified atom stereocenters. The summed E-state index contributed by atoms with van der Waals surface area (Å²) in [5.74, 6) is -0.0583. The average molecular weight is 513 g/mol. The van der Waals surface area contributed by atoms with Gasteiger partial charge in [0.1, 0.15) is 5.75 Å². The molecule has 0 saturated carbocycles. The van der Waals surface area contributed by atoms with Gasteiger partial charge in [-0.1, -0.05) is 48.8 Å². The van der Waals surface area contributed by atoms with Gasteiger partial charge in [-0.05, 0) is 84.1 Å². The molecule has 0 aliphatic heterocycles. The van der Waals surface area contributed by atoms with Gasteiger partial charge >= 0.3 is 5.97 Å². The highest BCUT2D eigenvalue weighted by atomic mass is 32.2. The average Bonchev–Trinajstić information content (AvgIpc) is 2.89. The number of fused-ring (bicyclic) bond motifs is 1. The molecule has 37 heavy (non-hydrogen) atoms. The third-order valence-electron chi connectivity index (χ3n) is 5.96. The van der Waals surface area contributed by atoms with E-state index < -0.39 is 16.0 Å². The van der Waals surface area contributed by atoms with Crippen molar-refractivity contribution in [3.8, 4) is 16.9 Å². The van der Waals surface area contributed by atoms with E-state index in [1.807, 2.05) is 43.3 Å². The number of nitrogens with one attached hydrogen (secondary N) is 1. The summed E-state index contributed by atoms with van der Waals surface area (Å²) in [4.78, 5) is 12.7. The standard InChI is InChI=1S/C29H28BNO5S/c1-3-35-29(32)27-16-10-21(25-15-9-20(2)24-7-4-5-8-26(24)25)19-28(27)31-37(33,34)23-13-11-22(12-14-23)36-18-6-17-30/h4-5,7-16,19,31H,3,6,17-18H2,1-2H3. The smallest absolute Gasteiger partial charge is 0.340 e. The van der Waals surface area contributed by atoms with Crippen molar-refractivity contribution in [3.05, 3.63) is 90.0 Å². The summed E-state index contributed by atoms with van der Waals surface area (Å²) in [6, 6.07) is 23.2. The first-order valence-electron chi connectivity index (χ1n) is 12.1. The molecule has 8 heteroatoms. The van der Waals surface area contributed by atoms with Crippen molar-refractivity contribution in [2.45, 2.75) is 31.5 Å². The molecule has 188 valence electrons. The lowest BCUT2D eigenvalue weighted by Crippen LogP contribution is -2.16. The SMILES string of the molecule is [B]CCCOc1ccc(S(=O)(=O)Nc2cc(-c3ccc(C)c4ccccc34)ccc2C(=O)OCC)cc1. The van der Waals surface area contributed by atoms with Crippen LogP contribution in [0.2, 0.25) is 6.32 Å². The molecule has 1 N–H and O–H groups in total. The summed E-state index contributed by atoms with van der Waals surface area (Å²) in [7, 11) is 1.47. The molecule has 0 aliphatic rings. The summed E-state index contributed by atoms with van der Waals surface area (Å²) in [6.45, 7) is 4.36. The number of hydrogen-bond acceptors (Lipinski definition) is 5. The van der Waals surface area contributed by atoms with E-state index in [-0.39, 0.29) is 22.8 Å². The van der Waals surface area contributed by atoms with Gasteiger partial charge in [0.15, 0.2) is 0 Å². The lowest BCUT2D eigenvalue weighted by molar-refractivity contribution is 0.0527. The second-order valence-corrected chi connectivity index (χ2v) is 10.2. The van der Waals surface area contributed by atoms with Crippen molar-refractivity contribution in [2.24, 2.45) is 0 Å². The first-order chi connectivity index (χ1) is 17.8. The quantitative estimate of drug-likeness (QED) is 0.156. The van der Waals surface area contributed by atoms with Gasteiger partial charge < -0.3 is 9.47 Å². The van der Waals surface area contributed by atoms with Gasteiger partial charge in [-0.25, -0.2) is 13.2 Å². The van der Waals surface area contributed by atoms with Gasteiger partial charge in [0.25, 0.3) is 10.0 Å². The molecular formula is C29H28BNO5S. The van der Waals surface area contributed by atoms with Crippen molar-refractivity contribution >= 4 is 40.3 Å². The van der Waals surface area contributed by atoms with E-state index in [9.17, 15) is 13.2 Å². The molecule has 0 bridgehead atoms. The maximum atomic E-state index is 13.3. The molecule has 0 amide bonds. The summed E-state index contributed by atoms with van der Waals surface area (Å²) >= 11 is 0. The van der Waals surface area contributed by atoms with Crippen LogP contribution in [0.3, 0.4) is 0 Å². The minimum Gasteiger partial charge on any atom is -0.494 e. The largest absolute Gasteiger partial charge is 0.494 e.